The first-order valence-corrected chi connectivity index (χ1v) is 9.03. The van der Waals surface area contributed by atoms with Crippen LogP contribution in [0.3, 0.4) is 0 Å². The molecule has 1 saturated heterocycles. The molecule has 1 fully saturated rings. The van der Waals surface area contributed by atoms with Crippen LogP contribution in [0.2, 0.25) is 0 Å². The molecule has 0 bridgehead atoms. The minimum atomic E-state index is 0.901. The molecule has 118 valence electrons. The smallest absolute Gasteiger partial charge is 0.210 e. The highest BCUT2D eigenvalue weighted by Crippen LogP contribution is 2.22. The van der Waals surface area contributed by atoms with Crippen LogP contribution in [0.1, 0.15) is 24.8 Å². The third-order valence-corrected chi connectivity index (χ3v) is 5.10. The average molecular weight is 324 g/mol. The van der Waals surface area contributed by atoms with Gasteiger partial charge in [-0.3, -0.25) is 4.90 Å². The van der Waals surface area contributed by atoms with Gasteiger partial charge in [0.15, 0.2) is 0 Å². The Balaban J connectivity index is 1.47. The fourth-order valence-corrected chi connectivity index (χ4v) is 3.66. The maximum absolute atomic E-state index is 4.41. The number of thiazole rings is 1. The molecule has 0 saturated carbocycles. The van der Waals surface area contributed by atoms with Gasteiger partial charge in [0.05, 0.1) is 6.20 Å². The second kappa shape index (κ2) is 6.64. The predicted molar refractivity (Wildman–Crippen MR) is 93.8 cm³/mol. The van der Waals surface area contributed by atoms with Crippen molar-refractivity contribution >= 4 is 11.3 Å². The van der Waals surface area contributed by atoms with E-state index < -0.39 is 0 Å². The number of likely N-dealkylation sites (tertiary alicyclic amines) is 1. The summed E-state index contributed by atoms with van der Waals surface area (Å²) in [6.07, 6.45) is 9.82. The van der Waals surface area contributed by atoms with E-state index >= 15 is 0 Å². The molecule has 0 N–H and O–H groups in total. The van der Waals surface area contributed by atoms with E-state index in [1.807, 2.05) is 22.5 Å². The van der Waals surface area contributed by atoms with E-state index in [0.717, 1.165) is 17.2 Å². The molecule has 3 heterocycles. The van der Waals surface area contributed by atoms with Crippen molar-refractivity contribution in [2.75, 3.05) is 13.1 Å². The van der Waals surface area contributed by atoms with Crippen molar-refractivity contribution in [1.29, 1.82) is 0 Å². The summed E-state index contributed by atoms with van der Waals surface area (Å²) in [7, 11) is 0. The summed E-state index contributed by atoms with van der Waals surface area (Å²) >= 11 is 1.59. The van der Waals surface area contributed by atoms with Gasteiger partial charge in [0, 0.05) is 29.9 Å². The van der Waals surface area contributed by atoms with E-state index in [-0.39, 0.29) is 0 Å². The number of aromatic nitrogens is 3. The number of piperidine rings is 1. The lowest BCUT2D eigenvalue weighted by Crippen LogP contribution is -2.28. The molecule has 5 heteroatoms. The van der Waals surface area contributed by atoms with Crippen LogP contribution in [0, 0.1) is 0 Å². The number of nitrogens with zero attached hydrogens (tertiary/aromatic N) is 4. The zero-order chi connectivity index (χ0) is 15.5. The van der Waals surface area contributed by atoms with E-state index in [1.54, 1.807) is 17.5 Å². The van der Waals surface area contributed by atoms with Crippen molar-refractivity contribution in [3.63, 3.8) is 0 Å². The normalized spacial score (nSPS) is 15.8. The summed E-state index contributed by atoms with van der Waals surface area (Å²) in [4.78, 5) is 6.84. The molecule has 0 radical (unpaired) electrons. The maximum atomic E-state index is 4.41. The molecular formula is C18H20N4S. The van der Waals surface area contributed by atoms with Crippen LogP contribution in [-0.4, -0.2) is 32.8 Å². The first-order valence-electron chi connectivity index (χ1n) is 8.15. The van der Waals surface area contributed by atoms with Crippen LogP contribution in [-0.2, 0) is 6.54 Å². The summed E-state index contributed by atoms with van der Waals surface area (Å²) in [6.45, 7) is 3.54. The van der Waals surface area contributed by atoms with Gasteiger partial charge in [0.2, 0.25) is 5.13 Å². The Kier molecular flexibility index (Phi) is 4.22. The maximum Gasteiger partial charge on any atom is 0.210 e. The van der Waals surface area contributed by atoms with Gasteiger partial charge in [-0.2, -0.15) is 5.10 Å². The van der Waals surface area contributed by atoms with Crippen molar-refractivity contribution in [3.05, 3.63) is 53.8 Å². The monoisotopic (exact) mass is 324 g/mol. The molecule has 3 aromatic rings. The summed E-state index contributed by atoms with van der Waals surface area (Å²) in [5, 5.41) is 7.27. The van der Waals surface area contributed by atoms with Gasteiger partial charge < -0.3 is 0 Å². The minimum absolute atomic E-state index is 0.901. The SMILES string of the molecule is c1csc(-n2cc(-c3ccc(CN4CCCCC4)cc3)cn2)n1. The summed E-state index contributed by atoms with van der Waals surface area (Å²) in [5.74, 6) is 0. The average Bonchev–Trinajstić information content (AvgIpc) is 3.28. The highest BCUT2D eigenvalue weighted by atomic mass is 32.1. The Morgan fingerprint density at radius 3 is 2.57 bits per heavy atom. The van der Waals surface area contributed by atoms with Crippen molar-refractivity contribution < 1.29 is 0 Å². The molecule has 1 aliphatic heterocycles. The number of rotatable bonds is 4. The molecular weight excluding hydrogens is 304 g/mol. The van der Waals surface area contributed by atoms with Crippen LogP contribution in [0.5, 0.6) is 0 Å². The molecule has 4 nitrogen and oxygen atoms in total. The van der Waals surface area contributed by atoms with Crippen molar-refractivity contribution in [2.45, 2.75) is 25.8 Å². The molecule has 4 rings (SSSR count). The van der Waals surface area contributed by atoms with Crippen LogP contribution < -0.4 is 0 Å². The van der Waals surface area contributed by atoms with Gasteiger partial charge in [-0.1, -0.05) is 30.7 Å². The third-order valence-electron chi connectivity index (χ3n) is 4.34. The van der Waals surface area contributed by atoms with Gasteiger partial charge in [-0.25, -0.2) is 9.67 Å². The number of benzene rings is 1. The zero-order valence-corrected chi connectivity index (χ0v) is 13.9. The Morgan fingerprint density at radius 1 is 1.00 bits per heavy atom. The van der Waals surface area contributed by atoms with E-state index in [1.165, 1.54) is 43.5 Å². The molecule has 23 heavy (non-hydrogen) atoms. The summed E-state index contributed by atoms with van der Waals surface area (Å²) in [6, 6.07) is 8.88. The van der Waals surface area contributed by atoms with Crippen molar-refractivity contribution in [2.24, 2.45) is 0 Å². The lowest BCUT2D eigenvalue weighted by molar-refractivity contribution is 0.221. The Hall–Kier alpha value is -1.98. The summed E-state index contributed by atoms with van der Waals surface area (Å²) < 4.78 is 1.83. The molecule has 0 aliphatic carbocycles. The van der Waals surface area contributed by atoms with Crippen LogP contribution in [0.4, 0.5) is 0 Å². The van der Waals surface area contributed by atoms with Gasteiger partial charge >= 0.3 is 0 Å². The Morgan fingerprint density at radius 2 is 1.83 bits per heavy atom. The molecule has 0 atom stereocenters. The van der Waals surface area contributed by atoms with Crippen LogP contribution >= 0.6 is 11.3 Å². The van der Waals surface area contributed by atoms with Crippen molar-refractivity contribution in [1.82, 2.24) is 19.7 Å². The first-order chi connectivity index (χ1) is 11.4. The zero-order valence-electron chi connectivity index (χ0n) is 13.1. The minimum Gasteiger partial charge on any atom is -0.299 e. The topological polar surface area (TPSA) is 34.0 Å². The molecule has 0 spiro atoms. The molecule has 1 aromatic carbocycles. The highest BCUT2D eigenvalue weighted by Gasteiger charge is 2.10. The first kappa shape index (κ1) is 14.6. The molecule has 0 unspecified atom stereocenters. The van der Waals surface area contributed by atoms with Gasteiger partial charge in [0.1, 0.15) is 0 Å². The fourth-order valence-electron chi connectivity index (χ4n) is 3.08. The van der Waals surface area contributed by atoms with Gasteiger partial charge in [-0.15, -0.1) is 11.3 Å². The van der Waals surface area contributed by atoms with E-state index in [4.69, 9.17) is 0 Å². The Labute approximate surface area is 140 Å². The lowest BCUT2D eigenvalue weighted by Gasteiger charge is -2.26. The van der Waals surface area contributed by atoms with E-state index in [0.29, 0.717) is 0 Å². The Bertz CT molecular complexity index is 740. The summed E-state index contributed by atoms with van der Waals surface area (Å²) in [5.41, 5.74) is 3.72. The van der Waals surface area contributed by atoms with Crippen LogP contribution in [0.25, 0.3) is 16.3 Å². The number of hydrogen-bond donors (Lipinski definition) is 0. The van der Waals surface area contributed by atoms with Gasteiger partial charge in [0.25, 0.3) is 0 Å². The standard InChI is InChI=1S/C18H20N4S/c1-2-9-21(10-3-1)13-15-4-6-16(7-5-15)17-12-20-22(14-17)18-19-8-11-23-18/h4-8,11-12,14H,1-3,9-10,13H2. The van der Waals surface area contributed by atoms with E-state index in [9.17, 15) is 0 Å². The predicted octanol–water partition coefficient (Wildman–Crippen LogP) is 3.98. The second-order valence-electron chi connectivity index (χ2n) is 6.02. The van der Waals surface area contributed by atoms with Crippen molar-refractivity contribution in [3.8, 4) is 16.3 Å². The third kappa shape index (κ3) is 3.35. The second-order valence-corrected chi connectivity index (χ2v) is 6.90. The fraction of sp³-hybridized carbons (Fsp3) is 0.333. The van der Waals surface area contributed by atoms with Crippen LogP contribution in [0.15, 0.2) is 48.2 Å². The molecule has 2 aromatic heterocycles. The van der Waals surface area contributed by atoms with E-state index in [2.05, 4.69) is 39.2 Å². The molecule has 1 aliphatic rings. The van der Waals surface area contributed by atoms with Gasteiger partial charge in [-0.05, 0) is 37.1 Å². The number of hydrogen-bond acceptors (Lipinski definition) is 4. The quantitative estimate of drug-likeness (QED) is 0.728. The largest absolute Gasteiger partial charge is 0.299 e. The lowest BCUT2D eigenvalue weighted by atomic mass is 10.1. The molecule has 0 amide bonds. The highest BCUT2D eigenvalue weighted by molar-refractivity contribution is 7.12.